The minimum absolute atomic E-state index is 0.179. The van der Waals surface area contributed by atoms with Gasteiger partial charge in [-0.2, -0.15) is 0 Å². The fraction of sp³-hybridized carbons (Fsp3) is 0.200. The number of nitrogens with zero attached hydrogens (tertiary/aromatic N) is 1. The number of hydrogen-bond acceptors (Lipinski definition) is 3. The smallest absolute Gasteiger partial charge is 0.281 e. The largest absolute Gasteiger partial charge is 0.507 e. The van der Waals surface area contributed by atoms with E-state index in [1.165, 1.54) is 4.90 Å². The molecule has 0 atom stereocenters. The Bertz CT molecular complexity index is 879. The molecule has 0 saturated carbocycles. The van der Waals surface area contributed by atoms with Crippen molar-refractivity contribution in [2.75, 3.05) is 4.90 Å². The molecule has 1 saturated heterocycles. The molecule has 0 aromatic heterocycles. The first-order valence-corrected chi connectivity index (χ1v) is 8.58. The Labute approximate surface area is 152 Å². The van der Waals surface area contributed by atoms with Crippen molar-refractivity contribution in [2.45, 2.75) is 27.2 Å². The van der Waals surface area contributed by atoms with Gasteiger partial charge in [0.05, 0.1) is 5.69 Å². The maximum Gasteiger partial charge on any atom is 0.281 e. The Morgan fingerprint density at radius 1 is 1.20 bits per heavy atom. The summed E-state index contributed by atoms with van der Waals surface area (Å²) in [5, 5.41) is 13.3. The molecule has 0 bridgehead atoms. The molecule has 1 aliphatic heterocycles. The van der Waals surface area contributed by atoms with Crippen molar-refractivity contribution in [3.63, 3.8) is 0 Å². The lowest BCUT2D eigenvalue weighted by molar-refractivity contribution is -0.113. The average Bonchev–Trinajstić information content (AvgIpc) is 2.86. The Kier molecular flexibility index (Phi) is 4.59. The number of nitrogens with one attached hydrogen (secondary N) is 1. The van der Waals surface area contributed by atoms with Crippen LogP contribution in [0.5, 0.6) is 5.75 Å². The zero-order valence-corrected chi connectivity index (χ0v) is 15.3. The molecule has 3 rings (SSSR count). The summed E-state index contributed by atoms with van der Waals surface area (Å²) in [7, 11) is 0. The lowest BCUT2D eigenvalue weighted by Gasteiger charge is -2.14. The summed E-state index contributed by atoms with van der Waals surface area (Å²) >= 11 is 5.36. The predicted molar refractivity (Wildman–Crippen MR) is 105 cm³/mol. The van der Waals surface area contributed by atoms with Crippen LogP contribution >= 0.6 is 12.2 Å². The number of carbonyl (C=O) groups excluding carboxylic acids is 1. The zero-order chi connectivity index (χ0) is 18.1. The van der Waals surface area contributed by atoms with Crippen LogP contribution in [0.25, 0.3) is 6.08 Å². The number of amides is 1. The lowest BCUT2D eigenvalue weighted by atomic mass is 10.0. The van der Waals surface area contributed by atoms with Crippen LogP contribution in [-0.4, -0.2) is 16.1 Å². The monoisotopic (exact) mass is 352 g/mol. The molecule has 0 unspecified atom stereocenters. The molecule has 1 amide bonds. The van der Waals surface area contributed by atoms with Crippen LogP contribution in [0.3, 0.4) is 0 Å². The van der Waals surface area contributed by atoms with Gasteiger partial charge in [0, 0.05) is 0 Å². The van der Waals surface area contributed by atoms with E-state index in [9.17, 15) is 9.90 Å². The number of rotatable bonds is 3. The molecule has 1 aliphatic rings. The molecular formula is C20H20N2O2S. The first kappa shape index (κ1) is 17.2. The van der Waals surface area contributed by atoms with Crippen molar-refractivity contribution >= 4 is 35.0 Å². The first-order valence-electron chi connectivity index (χ1n) is 8.17. The van der Waals surface area contributed by atoms with E-state index in [2.05, 4.69) is 12.2 Å². The number of phenolic OH excluding ortho intramolecular Hbond substituents is 1. The minimum atomic E-state index is -0.179. The van der Waals surface area contributed by atoms with Crippen LogP contribution < -0.4 is 10.2 Å². The van der Waals surface area contributed by atoms with Gasteiger partial charge < -0.3 is 10.4 Å². The van der Waals surface area contributed by atoms with Crippen LogP contribution in [0.15, 0.2) is 42.1 Å². The van der Waals surface area contributed by atoms with E-state index in [-0.39, 0.29) is 11.7 Å². The summed E-state index contributed by atoms with van der Waals surface area (Å²) in [5.74, 6) is 0.100. The van der Waals surface area contributed by atoms with Crippen molar-refractivity contribution in [2.24, 2.45) is 0 Å². The molecule has 0 spiro atoms. The second-order valence-electron chi connectivity index (χ2n) is 6.16. The van der Waals surface area contributed by atoms with Crippen molar-refractivity contribution in [3.8, 4) is 5.75 Å². The number of phenols is 1. The van der Waals surface area contributed by atoms with E-state index >= 15 is 0 Å². The van der Waals surface area contributed by atoms with Gasteiger partial charge in [0.25, 0.3) is 5.91 Å². The van der Waals surface area contributed by atoms with Gasteiger partial charge in [-0.3, -0.25) is 9.69 Å². The van der Waals surface area contributed by atoms with Gasteiger partial charge in [0.2, 0.25) is 0 Å². The van der Waals surface area contributed by atoms with E-state index in [1.54, 1.807) is 6.08 Å². The van der Waals surface area contributed by atoms with Crippen LogP contribution in [0.2, 0.25) is 0 Å². The van der Waals surface area contributed by atoms with Gasteiger partial charge in [0.15, 0.2) is 5.11 Å². The molecule has 2 aromatic rings. The Morgan fingerprint density at radius 2 is 1.88 bits per heavy atom. The highest BCUT2D eigenvalue weighted by molar-refractivity contribution is 7.80. The maximum atomic E-state index is 12.8. The van der Waals surface area contributed by atoms with E-state index in [4.69, 9.17) is 12.2 Å². The fourth-order valence-electron chi connectivity index (χ4n) is 2.92. The maximum absolute atomic E-state index is 12.8. The Balaban J connectivity index is 1.96. The molecule has 0 aliphatic carbocycles. The molecule has 25 heavy (non-hydrogen) atoms. The standard InChI is InChI=1S/C20H20N2O2S/c1-4-14-6-5-7-16(10-14)22-19(24)17(21-20(22)25)11-15-8-12(2)18(23)13(3)9-15/h5-11,23H,4H2,1-3H3,(H,21,25). The number of anilines is 1. The molecule has 4 nitrogen and oxygen atoms in total. The van der Waals surface area contributed by atoms with E-state index < -0.39 is 0 Å². The highest BCUT2D eigenvalue weighted by Gasteiger charge is 2.32. The summed E-state index contributed by atoms with van der Waals surface area (Å²) in [4.78, 5) is 14.3. The molecular weight excluding hydrogens is 332 g/mol. The number of benzene rings is 2. The summed E-state index contributed by atoms with van der Waals surface area (Å²) in [5.41, 5.74) is 4.73. The van der Waals surface area contributed by atoms with E-state index in [0.29, 0.717) is 10.8 Å². The fourth-order valence-corrected chi connectivity index (χ4v) is 3.22. The van der Waals surface area contributed by atoms with Gasteiger partial charge in [-0.25, -0.2) is 0 Å². The van der Waals surface area contributed by atoms with Crippen LogP contribution in [0.4, 0.5) is 5.69 Å². The van der Waals surface area contributed by atoms with Gasteiger partial charge >= 0.3 is 0 Å². The second kappa shape index (κ2) is 6.69. The number of thiocarbonyl (C=S) groups is 1. The van der Waals surface area contributed by atoms with Gasteiger partial charge in [-0.1, -0.05) is 19.1 Å². The zero-order valence-electron chi connectivity index (χ0n) is 14.5. The van der Waals surface area contributed by atoms with E-state index in [0.717, 1.165) is 34.4 Å². The van der Waals surface area contributed by atoms with Gasteiger partial charge in [-0.15, -0.1) is 0 Å². The van der Waals surface area contributed by atoms with Gasteiger partial charge in [-0.05, 0) is 85.1 Å². The molecule has 2 aromatic carbocycles. The highest BCUT2D eigenvalue weighted by Crippen LogP contribution is 2.26. The quantitative estimate of drug-likeness (QED) is 0.651. The minimum Gasteiger partial charge on any atom is -0.507 e. The molecule has 0 radical (unpaired) electrons. The molecule has 2 N–H and O–H groups in total. The van der Waals surface area contributed by atoms with Crippen LogP contribution in [0.1, 0.15) is 29.2 Å². The number of aromatic hydroxyl groups is 1. The molecule has 1 heterocycles. The summed E-state index contributed by atoms with van der Waals surface area (Å²) in [6, 6.07) is 11.5. The molecule has 1 fully saturated rings. The third-order valence-electron chi connectivity index (χ3n) is 4.28. The number of hydrogen-bond donors (Lipinski definition) is 2. The number of carbonyl (C=O) groups is 1. The van der Waals surface area contributed by atoms with Crippen molar-refractivity contribution < 1.29 is 9.90 Å². The average molecular weight is 352 g/mol. The lowest BCUT2D eigenvalue weighted by Crippen LogP contribution is -2.30. The van der Waals surface area contributed by atoms with E-state index in [1.807, 2.05) is 50.2 Å². The van der Waals surface area contributed by atoms with Crippen molar-refractivity contribution in [3.05, 3.63) is 64.3 Å². The second-order valence-corrected chi connectivity index (χ2v) is 6.54. The highest BCUT2D eigenvalue weighted by atomic mass is 32.1. The summed E-state index contributed by atoms with van der Waals surface area (Å²) < 4.78 is 0. The van der Waals surface area contributed by atoms with Gasteiger partial charge in [0.1, 0.15) is 11.4 Å². The molecule has 5 heteroatoms. The summed E-state index contributed by atoms with van der Waals surface area (Å²) in [6.07, 6.45) is 2.66. The van der Waals surface area contributed by atoms with Crippen LogP contribution in [0, 0.1) is 13.8 Å². The molecule has 128 valence electrons. The first-order chi connectivity index (χ1) is 11.9. The number of aryl methyl sites for hydroxylation is 3. The normalized spacial score (nSPS) is 15.8. The predicted octanol–water partition coefficient (Wildman–Crippen LogP) is 3.83. The third kappa shape index (κ3) is 3.28. The summed E-state index contributed by atoms with van der Waals surface area (Å²) in [6.45, 7) is 5.74. The van der Waals surface area contributed by atoms with Crippen LogP contribution in [-0.2, 0) is 11.2 Å². The van der Waals surface area contributed by atoms with Crippen molar-refractivity contribution in [1.29, 1.82) is 0 Å². The third-order valence-corrected chi connectivity index (χ3v) is 4.56. The SMILES string of the molecule is CCc1cccc(N2C(=O)C(=Cc3cc(C)c(O)c(C)c3)NC2=S)c1. The van der Waals surface area contributed by atoms with Crippen molar-refractivity contribution in [1.82, 2.24) is 5.32 Å². The Morgan fingerprint density at radius 3 is 2.52 bits per heavy atom. The Hall–Kier alpha value is -2.66. The topological polar surface area (TPSA) is 52.6 Å².